The molecule has 0 aliphatic rings. The number of hydrogen-bond acceptors (Lipinski definition) is 4. The van der Waals surface area contributed by atoms with Crippen molar-refractivity contribution in [3.63, 3.8) is 0 Å². The molecule has 0 saturated heterocycles. The van der Waals surface area contributed by atoms with E-state index >= 15 is 0 Å². The van der Waals surface area contributed by atoms with Crippen molar-refractivity contribution >= 4 is 49.7 Å². The standard InChI is InChI=1S/2C5H5NO2.Ca/c2*7-5(8)4-2-1-3-6-4;/h2*1-3,6H,(H,7,8);/q;;+2/p-2. The van der Waals surface area contributed by atoms with Crippen LogP contribution in [0.3, 0.4) is 0 Å². The number of hydrogen-bond donors (Lipinski definition) is 2. The predicted molar refractivity (Wildman–Crippen MR) is 56.0 cm³/mol. The fourth-order valence-corrected chi connectivity index (χ4v) is 0.915. The van der Waals surface area contributed by atoms with Gasteiger partial charge in [-0.3, -0.25) is 0 Å². The minimum absolute atomic E-state index is 0. The zero-order valence-corrected chi connectivity index (χ0v) is 11.0. The molecule has 84 valence electrons. The van der Waals surface area contributed by atoms with Crippen LogP contribution in [0.2, 0.25) is 0 Å². The summed E-state index contributed by atoms with van der Waals surface area (Å²) in [6, 6.07) is 6.08. The maximum absolute atomic E-state index is 9.92. The zero-order valence-electron chi connectivity index (χ0n) is 8.80. The minimum atomic E-state index is -1.17. The Hall–Kier alpha value is -1.24. The van der Waals surface area contributed by atoms with Crippen molar-refractivity contribution in [2.24, 2.45) is 0 Å². The topological polar surface area (TPSA) is 112 Å². The average Bonchev–Trinajstić information content (AvgIpc) is 2.93. The molecule has 0 amide bonds. The molecule has 0 aliphatic carbocycles. The van der Waals surface area contributed by atoms with Crippen molar-refractivity contribution < 1.29 is 19.8 Å². The van der Waals surface area contributed by atoms with E-state index in [0.717, 1.165) is 0 Å². The summed E-state index contributed by atoms with van der Waals surface area (Å²) in [6.45, 7) is 0. The first-order valence-corrected chi connectivity index (χ1v) is 4.30. The molecule has 0 bridgehead atoms. The number of aromatic nitrogens is 2. The SMILES string of the molecule is O=C([O-])c1ccc[nH]1.O=C([O-])c1ccc[nH]1.[Ca+2]. The van der Waals surface area contributed by atoms with Crippen molar-refractivity contribution in [3.05, 3.63) is 48.0 Å². The molecular formula is C10H8CaN2O4. The Kier molecular flexibility index (Phi) is 7.36. The van der Waals surface area contributed by atoms with E-state index in [1.54, 1.807) is 12.1 Å². The van der Waals surface area contributed by atoms with Crippen LogP contribution in [0.4, 0.5) is 0 Å². The Morgan fingerprint density at radius 1 is 0.882 bits per heavy atom. The van der Waals surface area contributed by atoms with E-state index in [1.165, 1.54) is 24.5 Å². The second-order valence-corrected chi connectivity index (χ2v) is 2.74. The predicted octanol–water partition coefficient (Wildman–Crippen LogP) is -1.62. The first-order valence-electron chi connectivity index (χ1n) is 4.30. The molecule has 0 atom stereocenters. The Labute approximate surface area is 127 Å². The van der Waals surface area contributed by atoms with Gasteiger partial charge in [0.1, 0.15) is 0 Å². The van der Waals surface area contributed by atoms with Crippen molar-refractivity contribution in [1.82, 2.24) is 9.97 Å². The quantitative estimate of drug-likeness (QED) is 0.632. The van der Waals surface area contributed by atoms with Crippen LogP contribution in [0.1, 0.15) is 21.0 Å². The third-order valence-electron chi connectivity index (χ3n) is 1.64. The van der Waals surface area contributed by atoms with Gasteiger partial charge in [-0.1, -0.05) is 0 Å². The second-order valence-electron chi connectivity index (χ2n) is 2.74. The van der Waals surface area contributed by atoms with Crippen molar-refractivity contribution in [2.45, 2.75) is 0 Å². The van der Waals surface area contributed by atoms with Crippen LogP contribution in [0, 0.1) is 0 Å². The molecule has 2 rings (SSSR count). The van der Waals surface area contributed by atoms with E-state index < -0.39 is 11.9 Å². The first-order chi connectivity index (χ1) is 7.61. The monoisotopic (exact) mass is 260 g/mol. The average molecular weight is 260 g/mol. The number of carboxylic acids is 2. The maximum Gasteiger partial charge on any atom is 2.00 e. The summed E-state index contributed by atoms with van der Waals surface area (Å²) in [5, 5.41) is 19.8. The van der Waals surface area contributed by atoms with Crippen LogP contribution in [-0.4, -0.2) is 59.6 Å². The molecule has 2 heterocycles. The third-order valence-corrected chi connectivity index (χ3v) is 1.64. The fraction of sp³-hybridized carbons (Fsp3) is 0. The molecule has 2 aromatic heterocycles. The molecule has 0 fully saturated rings. The second kappa shape index (κ2) is 7.94. The maximum atomic E-state index is 9.92. The molecular weight excluding hydrogens is 252 g/mol. The largest absolute Gasteiger partial charge is 2.00 e. The zero-order chi connectivity index (χ0) is 12.0. The molecule has 7 heteroatoms. The van der Waals surface area contributed by atoms with Gasteiger partial charge in [-0.2, -0.15) is 0 Å². The molecule has 6 nitrogen and oxygen atoms in total. The van der Waals surface area contributed by atoms with Gasteiger partial charge in [-0.25, -0.2) is 0 Å². The van der Waals surface area contributed by atoms with E-state index in [9.17, 15) is 19.8 Å². The van der Waals surface area contributed by atoms with Crippen LogP contribution in [0.25, 0.3) is 0 Å². The summed E-state index contributed by atoms with van der Waals surface area (Å²) < 4.78 is 0. The third kappa shape index (κ3) is 5.58. The summed E-state index contributed by atoms with van der Waals surface area (Å²) in [5.74, 6) is -2.34. The van der Waals surface area contributed by atoms with Crippen molar-refractivity contribution in [3.8, 4) is 0 Å². The van der Waals surface area contributed by atoms with Gasteiger partial charge in [0.2, 0.25) is 0 Å². The van der Waals surface area contributed by atoms with E-state index in [-0.39, 0.29) is 49.1 Å². The van der Waals surface area contributed by atoms with E-state index in [0.29, 0.717) is 0 Å². The van der Waals surface area contributed by atoms with Gasteiger partial charge in [0.25, 0.3) is 0 Å². The molecule has 17 heavy (non-hydrogen) atoms. The van der Waals surface area contributed by atoms with E-state index in [2.05, 4.69) is 9.97 Å². The minimum Gasteiger partial charge on any atom is -0.543 e. The molecule has 0 radical (unpaired) electrons. The Morgan fingerprint density at radius 2 is 1.24 bits per heavy atom. The summed E-state index contributed by atoms with van der Waals surface area (Å²) in [5.41, 5.74) is 0.231. The van der Waals surface area contributed by atoms with E-state index in [1.807, 2.05) is 0 Å². The van der Waals surface area contributed by atoms with Crippen LogP contribution in [0.15, 0.2) is 36.7 Å². The van der Waals surface area contributed by atoms with E-state index in [4.69, 9.17) is 0 Å². The van der Waals surface area contributed by atoms with Gasteiger partial charge >= 0.3 is 37.7 Å². The molecule has 2 N–H and O–H groups in total. The van der Waals surface area contributed by atoms with Gasteiger partial charge < -0.3 is 29.8 Å². The number of carboxylic acid groups (broad SMARTS) is 2. The van der Waals surface area contributed by atoms with Gasteiger partial charge in [0, 0.05) is 12.4 Å². The molecule has 0 aromatic carbocycles. The Bertz CT molecular complexity index is 406. The summed E-state index contributed by atoms with van der Waals surface area (Å²) in [7, 11) is 0. The number of carbonyl (C=O) groups is 2. The summed E-state index contributed by atoms with van der Waals surface area (Å²) in [4.78, 5) is 24.8. The molecule has 2 aromatic rings. The van der Waals surface area contributed by atoms with Crippen molar-refractivity contribution in [2.75, 3.05) is 0 Å². The number of H-pyrrole nitrogens is 2. The van der Waals surface area contributed by atoms with Gasteiger partial charge in [0.15, 0.2) is 0 Å². The summed E-state index contributed by atoms with van der Waals surface area (Å²) >= 11 is 0. The van der Waals surface area contributed by atoms with Crippen LogP contribution in [0.5, 0.6) is 0 Å². The Balaban J connectivity index is 0.000000284. The number of aromatic amines is 2. The smallest absolute Gasteiger partial charge is 0.543 e. The summed E-state index contributed by atoms with van der Waals surface area (Å²) in [6.07, 6.45) is 3.07. The number of nitrogens with one attached hydrogen (secondary N) is 2. The van der Waals surface area contributed by atoms with Gasteiger partial charge in [0.05, 0.1) is 23.3 Å². The van der Waals surface area contributed by atoms with Gasteiger partial charge in [-0.05, 0) is 24.3 Å². The first kappa shape index (κ1) is 15.8. The molecule has 0 saturated carbocycles. The molecule has 0 unspecified atom stereocenters. The normalized spacial score (nSPS) is 8.47. The van der Waals surface area contributed by atoms with Crippen LogP contribution >= 0.6 is 0 Å². The number of rotatable bonds is 2. The molecule has 0 aliphatic heterocycles. The van der Waals surface area contributed by atoms with Crippen LogP contribution in [-0.2, 0) is 0 Å². The van der Waals surface area contributed by atoms with Gasteiger partial charge in [-0.15, -0.1) is 0 Å². The number of carbonyl (C=O) groups excluding carboxylic acids is 2. The Morgan fingerprint density at radius 3 is 1.35 bits per heavy atom. The van der Waals surface area contributed by atoms with Crippen LogP contribution < -0.4 is 10.2 Å². The fourth-order valence-electron chi connectivity index (χ4n) is 0.915. The molecule has 0 spiro atoms. The number of aromatic carboxylic acids is 2. The van der Waals surface area contributed by atoms with Crippen molar-refractivity contribution in [1.29, 1.82) is 0 Å².